The third kappa shape index (κ3) is 4.91. The van der Waals surface area contributed by atoms with Gasteiger partial charge < -0.3 is 20.6 Å². The van der Waals surface area contributed by atoms with Gasteiger partial charge in [0.15, 0.2) is 21.5 Å². The molecule has 218 valence electrons. The van der Waals surface area contributed by atoms with Crippen LogP contribution in [-0.2, 0) is 9.84 Å². The highest BCUT2D eigenvalue weighted by molar-refractivity contribution is 7.92. The van der Waals surface area contributed by atoms with Crippen LogP contribution in [0.25, 0.3) is 0 Å². The lowest BCUT2D eigenvalue weighted by atomic mass is 9.45. The quantitative estimate of drug-likeness (QED) is 0.317. The predicted molar refractivity (Wildman–Crippen MR) is 142 cm³/mol. The van der Waals surface area contributed by atoms with Gasteiger partial charge in [-0.15, -0.1) is 0 Å². The number of fused-ring (bicyclic) bond motifs is 2. The van der Waals surface area contributed by atoms with Crippen molar-refractivity contribution in [3.05, 3.63) is 88.5 Å². The third-order valence-corrected chi connectivity index (χ3v) is 11.1. The number of aliphatic hydroxyl groups excluding tert-OH is 2. The molecule has 41 heavy (non-hydrogen) atoms. The second-order valence-corrected chi connectivity index (χ2v) is 13.2. The summed E-state index contributed by atoms with van der Waals surface area (Å²) >= 11 is 6.24. The summed E-state index contributed by atoms with van der Waals surface area (Å²) in [7, 11) is -4.16. The van der Waals surface area contributed by atoms with E-state index in [1.54, 1.807) is 6.92 Å². The molecule has 8 nitrogen and oxygen atoms in total. The number of hydrogen-bond acceptors (Lipinski definition) is 7. The first-order valence-electron chi connectivity index (χ1n) is 12.8. The van der Waals surface area contributed by atoms with Crippen molar-refractivity contribution in [2.75, 3.05) is 5.32 Å². The summed E-state index contributed by atoms with van der Waals surface area (Å²) in [5.74, 6) is -5.62. The molecule has 1 heterocycles. The number of aliphatic hydroxyl groups is 3. The van der Waals surface area contributed by atoms with Gasteiger partial charge in [-0.05, 0) is 73.1 Å². The van der Waals surface area contributed by atoms with Crippen LogP contribution in [0.5, 0.6) is 0 Å². The molecule has 3 aliphatic carbocycles. The van der Waals surface area contributed by atoms with E-state index < -0.39 is 73.8 Å². The number of aromatic nitrogens is 1. The van der Waals surface area contributed by atoms with Gasteiger partial charge in [-0.25, -0.2) is 21.6 Å². The van der Waals surface area contributed by atoms with Crippen molar-refractivity contribution >= 4 is 33.0 Å². The number of pyridine rings is 1. The first-order chi connectivity index (χ1) is 19.3. The van der Waals surface area contributed by atoms with Crippen LogP contribution < -0.4 is 5.32 Å². The monoisotopic (exact) mass is 610 g/mol. The number of sulfone groups is 1. The van der Waals surface area contributed by atoms with Crippen molar-refractivity contribution in [3.63, 3.8) is 0 Å². The molecular weight excluding hydrogens is 585 g/mol. The van der Waals surface area contributed by atoms with Gasteiger partial charge in [-0.3, -0.25) is 9.78 Å². The Morgan fingerprint density at radius 1 is 1.05 bits per heavy atom. The molecule has 0 spiro atoms. The molecule has 2 bridgehead atoms. The molecule has 3 saturated carbocycles. The summed E-state index contributed by atoms with van der Waals surface area (Å²) < 4.78 is 68.4. The number of hydrogen-bond donors (Lipinski definition) is 4. The summed E-state index contributed by atoms with van der Waals surface area (Å²) in [6.45, 7) is 1.79. The lowest BCUT2D eigenvalue weighted by Crippen LogP contribution is -2.72. The highest BCUT2D eigenvalue weighted by Gasteiger charge is 2.68. The molecule has 4 atom stereocenters. The van der Waals surface area contributed by atoms with Gasteiger partial charge in [0.25, 0.3) is 5.91 Å². The van der Waals surface area contributed by atoms with Gasteiger partial charge in [-0.2, -0.15) is 0 Å². The third-order valence-electron chi connectivity index (χ3n) is 8.45. The molecule has 3 aromatic rings. The van der Waals surface area contributed by atoms with Crippen molar-refractivity contribution in [1.82, 2.24) is 4.98 Å². The minimum absolute atomic E-state index is 0.0415. The SMILES string of the molecule is CC1C2CC(S(=O)(=O)c3cc(C(=O)Nc4ccc(F)c(F)c4)ccc3Cl)CC1C2(O)C(O)C(O)c1ncccc1F. The van der Waals surface area contributed by atoms with E-state index in [4.69, 9.17) is 11.6 Å². The Labute approximate surface area is 238 Å². The molecule has 0 radical (unpaired) electrons. The second-order valence-electron chi connectivity index (χ2n) is 10.6. The topological polar surface area (TPSA) is 137 Å². The van der Waals surface area contributed by atoms with Gasteiger partial charge in [0.05, 0.1) is 20.8 Å². The fourth-order valence-electron chi connectivity index (χ4n) is 6.28. The summed E-state index contributed by atoms with van der Waals surface area (Å²) in [5, 5.41) is 34.2. The van der Waals surface area contributed by atoms with E-state index in [1.165, 1.54) is 24.4 Å². The molecule has 6 rings (SSSR count). The zero-order valence-corrected chi connectivity index (χ0v) is 23.1. The normalized spacial score (nSPS) is 27.0. The number of rotatable bonds is 7. The zero-order chi connectivity index (χ0) is 29.9. The largest absolute Gasteiger partial charge is 0.387 e. The molecule has 0 aliphatic heterocycles. The number of amides is 1. The summed E-state index contributed by atoms with van der Waals surface area (Å²) in [6, 6.07) is 8.75. The summed E-state index contributed by atoms with van der Waals surface area (Å²) in [4.78, 5) is 16.2. The van der Waals surface area contributed by atoms with Crippen molar-refractivity contribution in [3.8, 4) is 0 Å². The van der Waals surface area contributed by atoms with Crippen molar-refractivity contribution < 1.29 is 41.7 Å². The van der Waals surface area contributed by atoms with Gasteiger partial charge in [-0.1, -0.05) is 18.5 Å². The first-order valence-corrected chi connectivity index (χ1v) is 14.7. The van der Waals surface area contributed by atoms with E-state index in [1.807, 2.05) is 0 Å². The average molecular weight is 611 g/mol. The van der Waals surface area contributed by atoms with Crippen LogP contribution in [0.4, 0.5) is 18.9 Å². The molecule has 0 saturated heterocycles. The van der Waals surface area contributed by atoms with E-state index in [0.717, 1.165) is 30.3 Å². The zero-order valence-electron chi connectivity index (χ0n) is 21.5. The predicted octanol–water partition coefficient (Wildman–Crippen LogP) is 4.05. The van der Waals surface area contributed by atoms with Crippen molar-refractivity contribution in [2.45, 2.75) is 47.7 Å². The van der Waals surface area contributed by atoms with Crippen LogP contribution in [0, 0.1) is 35.2 Å². The number of nitrogens with zero attached hydrogens (tertiary/aromatic N) is 1. The first kappa shape index (κ1) is 29.5. The molecule has 1 aromatic heterocycles. The fourth-order valence-corrected chi connectivity index (χ4v) is 8.63. The minimum Gasteiger partial charge on any atom is -0.387 e. The highest BCUT2D eigenvalue weighted by Crippen LogP contribution is 2.61. The van der Waals surface area contributed by atoms with E-state index in [2.05, 4.69) is 10.3 Å². The Bertz CT molecular complexity index is 1610. The van der Waals surface area contributed by atoms with Gasteiger partial charge in [0.2, 0.25) is 0 Å². The number of anilines is 1. The molecule has 4 N–H and O–H groups in total. The Morgan fingerprint density at radius 2 is 1.73 bits per heavy atom. The second kappa shape index (κ2) is 10.7. The number of carbonyl (C=O) groups is 1. The van der Waals surface area contributed by atoms with E-state index >= 15 is 0 Å². The maximum atomic E-state index is 14.2. The maximum absolute atomic E-state index is 14.2. The van der Waals surface area contributed by atoms with E-state index in [9.17, 15) is 41.7 Å². The van der Waals surface area contributed by atoms with E-state index in [0.29, 0.717) is 0 Å². The summed E-state index contributed by atoms with van der Waals surface area (Å²) in [6.07, 6.45) is -2.61. The number of nitrogens with one attached hydrogen (secondary N) is 1. The molecular formula is C28H26ClF3N2O6S. The van der Waals surface area contributed by atoms with E-state index in [-0.39, 0.29) is 39.9 Å². The van der Waals surface area contributed by atoms with Crippen LogP contribution >= 0.6 is 11.6 Å². The number of benzene rings is 2. The molecule has 3 fully saturated rings. The van der Waals surface area contributed by atoms with Crippen LogP contribution in [0.3, 0.4) is 0 Å². The summed E-state index contributed by atoms with van der Waals surface area (Å²) in [5.41, 5.74) is -2.45. The lowest BCUT2D eigenvalue weighted by Gasteiger charge is -2.64. The smallest absolute Gasteiger partial charge is 0.255 e. The number of carbonyl (C=O) groups excluding carboxylic acids is 1. The maximum Gasteiger partial charge on any atom is 0.255 e. The van der Waals surface area contributed by atoms with Crippen LogP contribution in [-0.4, -0.2) is 51.6 Å². The average Bonchev–Trinajstić information content (AvgIpc) is 2.95. The van der Waals surface area contributed by atoms with Crippen molar-refractivity contribution in [1.29, 1.82) is 0 Å². The van der Waals surface area contributed by atoms with Crippen LogP contribution in [0.2, 0.25) is 5.02 Å². The molecule has 4 unspecified atom stereocenters. The fraction of sp³-hybridized carbons (Fsp3) is 0.357. The molecule has 1 amide bonds. The van der Waals surface area contributed by atoms with Crippen LogP contribution in [0.1, 0.15) is 41.9 Å². The Balaban J connectivity index is 1.37. The van der Waals surface area contributed by atoms with Crippen LogP contribution in [0.15, 0.2) is 59.6 Å². The Hall–Kier alpha value is -3.03. The highest BCUT2D eigenvalue weighted by atomic mass is 35.5. The van der Waals surface area contributed by atoms with Gasteiger partial charge in [0, 0.05) is 23.5 Å². The van der Waals surface area contributed by atoms with Gasteiger partial charge in [0.1, 0.15) is 23.7 Å². The van der Waals surface area contributed by atoms with Gasteiger partial charge >= 0.3 is 0 Å². The molecule has 13 heteroatoms. The number of halogens is 4. The molecule has 2 aromatic carbocycles. The minimum atomic E-state index is -4.16. The Kier molecular flexibility index (Phi) is 7.66. The van der Waals surface area contributed by atoms with Crippen molar-refractivity contribution in [2.24, 2.45) is 17.8 Å². The molecule has 3 aliphatic rings. The lowest BCUT2D eigenvalue weighted by molar-refractivity contribution is -0.280. The standard InChI is InChI=1S/C28H26ClF3N2O6S/c1-13-17-11-16(12-18(13)28(17,38)26(36)25(35)24-21(31)3-2-8-33-24)41(39,40)23-9-14(4-6-19(23)29)27(37)34-15-5-7-20(30)22(32)10-15/h2-10,13,16-18,25-26,35-36,38H,11-12H2,1H3,(H,34,37). The Morgan fingerprint density at radius 3 is 2.37 bits per heavy atom.